The molecule has 3 rings (SSSR count). The summed E-state index contributed by atoms with van der Waals surface area (Å²) in [6, 6.07) is 10.9. The minimum atomic E-state index is -0.312. The van der Waals surface area contributed by atoms with E-state index >= 15 is 0 Å². The smallest absolute Gasteiger partial charge is 0.319 e. The van der Waals surface area contributed by atoms with Gasteiger partial charge in [0.1, 0.15) is 11.6 Å². The first-order chi connectivity index (χ1) is 11.1. The van der Waals surface area contributed by atoms with Crippen LogP contribution in [0.3, 0.4) is 0 Å². The van der Waals surface area contributed by atoms with Crippen LogP contribution < -0.4 is 10.6 Å². The summed E-state index contributed by atoms with van der Waals surface area (Å²) in [4.78, 5) is 19.1. The highest BCUT2D eigenvalue weighted by atomic mass is 35.5. The maximum Gasteiger partial charge on any atom is 0.319 e. The molecular weight excluding hydrogens is 319 g/mol. The number of nitrogens with zero attached hydrogens (tertiary/aromatic N) is 1. The number of amides is 2. The molecule has 5 nitrogen and oxygen atoms in total. The predicted octanol–water partition coefficient (Wildman–Crippen LogP) is 3.72. The topological polar surface area (TPSA) is 69.8 Å². The molecule has 0 unspecified atom stereocenters. The van der Waals surface area contributed by atoms with Gasteiger partial charge in [0, 0.05) is 23.7 Å². The number of fused-ring (bicyclic) bond motifs is 1. The van der Waals surface area contributed by atoms with Crippen molar-refractivity contribution < 1.29 is 9.18 Å². The van der Waals surface area contributed by atoms with Crippen molar-refractivity contribution in [3.63, 3.8) is 0 Å². The summed E-state index contributed by atoms with van der Waals surface area (Å²) in [7, 11) is 0. The number of aromatic amines is 1. The van der Waals surface area contributed by atoms with Crippen LogP contribution in [0.2, 0.25) is 5.02 Å². The molecule has 0 aliphatic rings. The number of halogens is 2. The van der Waals surface area contributed by atoms with Crippen LogP contribution >= 0.6 is 11.6 Å². The lowest BCUT2D eigenvalue weighted by molar-refractivity contribution is 0.252. The molecule has 7 heteroatoms. The minimum Gasteiger partial charge on any atom is -0.342 e. The normalized spacial score (nSPS) is 10.7. The lowest BCUT2D eigenvalue weighted by Gasteiger charge is -2.06. The molecule has 1 heterocycles. The Bertz CT molecular complexity index is 832. The average Bonchev–Trinajstić information content (AvgIpc) is 2.91. The Morgan fingerprint density at radius 1 is 1.22 bits per heavy atom. The van der Waals surface area contributed by atoms with E-state index in [0.29, 0.717) is 40.5 Å². The molecule has 3 aromatic rings. The summed E-state index contributed by atoms with van der Waals surface area (Å²) < 4.78 is 13.1. The summed E-state index contributed by atoms with van der Waals surface area (Å²) in [6.45, 7) is 0.404. The molecule has 0 atom stereocenters. The molecule has 3 N–H and O–H groups in total. The number of aromatic nitrogens is 2. The van der Waals surface area contributed by atoms with E-state index in [4.69, 9.17) is 11.6 Å². The Balaban J connectivity index is 1.51. The number of urea groups is 1. The van der Waals surface area contributed by atoms with Gasteiger partial charge in [0.25, 0.3) is 0 Å². The highest BCUT2D eigenvalue weighted by molar-refractivity contribution is 6.30. The first-order valence-electron chi connectivity index (χ1n) is 7.05. The van der Waals surface area contributed by atoms with Crippen molar-refractivity contribution in [3.8, 4) is 0 Å². The lowest BCUT2D eigenvalue weighted by atomic mass is 10.3. The van der Waals surface area contributed by atoms with E-state index in [2.05, 4.69) is 20.6 Å². The number of H-pyrrole nitrogens is 1. The molecule has 0 aliphatic heterocycles. The third kappa shape index (κ3) is 3.98. The summed E-state index contributed by atoms with van der Waals surface area (Å²) >= 11 is 5.78. The van der Waals surface area contributed by atoms with Crippen molar-refractivity contribution >= 4 is 34.4 Å². The molecule has 0 aliphatic carbocycles. The van der Waals surface area contributed by atoms with Crippen molar-refractivity contribution in [1.82, 2.24) is 15.3 Å². The van der Waals surface area contributed by atoms with Crippen LogP contribution in [0.15, 0.2) is 42.5 Å². The van der Waals surface area contributed by atoms with Crippen LogP contribution in [-0.2, 0) is 6.42 Å². The third-order valence-electron chi connectivity index (χ3n) is 3.24. The van der Waals surface area contributed by atoms with E-state index in [0.717, 1.165) is 0 Å². The van der Waals surface area contributed by atoms with Crippen molar-refractivity contribution in [2.45, 2.75) is 6.42 Å². The van der Waals surface area contributed by atoms with Crippen molar-refractivity contribution in [3.05, 3.63) is 59.1 Å². The Morgan fingerprint density at radius 2 is 2.00 bits per heavy atom. The molecule has 0 spiro atoms. The molecule has 2 aromatic carbocycles. The lowest BCUT2D eigenvalue weighted by Crippen LogP contribution is -2.30. The van der Waals surface area contributed by atoms with Gasteiger partial charge in [-0.1, -0.05) is 11.6 Å². The predicted molar refractivity (Wildman–Crippen MR) is 88.2 cm³/mol. The molecule has 0 radical (unpaired) electrons. The van der Waals surface area contributed by atoms with Crippen molar-refractivity contribution in [2.24, 2.45) is 0 Å². The van der Waals surface area contributed by atoms with Gasteiger partial charge in [0.15, 0.2) is 0 Å². The van der Waals surface area contributed by atoms with Crippen LogP contribution in [0.4, 0.5) is 14.9 Å². The van der Waals surface area contributed by atoms with E-state index < -0.39 is 0 Å². The second-order valence-corrected chi connectivity index (χ2v) is 5.42. The number of rotatable bonds is 4. The average molecular weight is 333 g/mol. The number of hydrogen-bond donors (Lipinski definition) is 3. The number of hydrogen-bond acceptors (Lipinski definition) is 2. The third-order valence-corrected chi connectivity index (χ3v) is 3.49. The Kier molecular flexibility index (Phi) is 4.43. The van der Waals surface area contributed by atoms with E-state index in [1.165, 1.54) is 12.1 Å². The van der Waals surface area contributed by atoms with Gasteiger partial charge in [-0.25, -0.2) is 14.2 Å². The van der Waals surface area contributed by atoms with Crippen LogP contribution in [0.25, 0.3) is 11.0 Å². The van der Waals surface area contributed by atoms with Gasteiger partial charge < -0.3 is 15.6 Å². The van der Waals surface area contributed by atoms with Gasteiger partial charge in [0.2, 0.25) is 0 Å². The van der Waals surface area contributed by atoms with Crippen molar-refractivity contribution in [2.75, 3.05) is 11.9 Å². The summed E-state index contributed by atoms with van der Waals surface area (Å²) in [5.41, 5.74) is 2.00. The van der Waals surface area contributed by atoms with Crippen LogP contribution in [0.1, 0.15) is 5.82 Å². The summed E-state index contributed by atoms with van der Waals surface area (Å²) in [5.74, 6) is 0.380. The van der Waals surface area contributed by atoms with E-state index in [1.54, 1.807) is 30.3 Å². The van der Waals surface area contributed by atoms with Crippen LogP contribution in [0, 0.1) is 5.82 Å². The zero-order chi connectivity index (χ0) is 16.2. The zero-order valence-corrected chi connectivity index (χ0v) is 12.8. The second kappa shape index (κ2) is 6.66. The number of nitrogens with one attached hydrogen (secondary N) is 3. The first-order valence-corrected chi connectivity index (χ1v) is 7.42. The fraction of sp³-hybridized carbons (Fsp3) is 0.125. The number of carbonyl (C=O) groups is 1. The van der Waals surface area contributed by atoms with Gasteiger partial charge in [-0.15, -0.1) is 0 Å². The molecule has 2 amide bonds. The number of imidazole rings is 1. The van der Waals surface area contributed by atoms with Crippen molar-refractivity contribution in [1.29, 1.82) is 0 Å². The van der Waals surface area contributed by atoms with E-state index in [-0.39, 0.29) is 11.8 Å². The van der Waals surface area contributed by atoms with Gasteiger partial charge in [-0.2, -0.15) is 0 Å². The number of carbonyl (C=O) groups excluding carboxylic acids is 1. The molecule has 0 bridgehead atoms. The fourth-order valence-electron chi connectivity index (χ4n) is 2.16. The molecule has 118 valence electrons. The van der Waals surface area contributed by atoms with E-state index in [9.17, 15) is 9.18 Å². The SMILES string of the molecule is O=C(NCCc1nc2ccc(F)cc2[nH]1)Nc1ccc(Cl)cc1. The molecule has 0 saturated heterocycles. The standard InChI is InChI=1S/C16H14ClFN4O/c17-10-1-4-12(5-2-10)20-16(23)19-8-7-15-21-13-6-3-11(18)9-14(13)22-15/h1-6,9H,7-8H2,(H,21,22)(H2,19,20,23). The Hall–Kier alpha value is -2.60. The summed E-state index contributed by atoms with van der Waals surface area (Å²) in [5, 5.41) is 6.04. The van der Waals surface area contributed by atoms with Gasteiger partial charge >= 0.3 is 6.03 Å². The summed E-state index contributed by atoms with van der Waals surface area (Å²) in [6.07, 6.45) is 0.518. The van der Waals surface area contributed by atoms with Crippen LogP contribution in [-0.4, -0.2) is 22.5 Å². The largest absolute Gasteiger partial charge is 0.342 e. The minimum absolute atomic E-state index is 0.311. The Labute approximate surface area is 136 Å². The molecule has 0 fully saturated rings. The zero-order valence-electron chi connectivity index (χ0n) is 12.1. The van der Waals surface area contributed by atoms with Gasteiger partial charge in [-0.3, -0.25) is 0 Å². The van der Waals surface area contributed by atoms with E-state index in [1.807, 2.05) is 0 Å². The number of benzene rings is 2. The molecular formula is C16H14ClFN4O. The van der Waals surface area contributed by atoms with Crippen LogP contribution in [0.5, 0.6) is 0 Å². The first kappa shape index (κ1) is 15.3. The fourth-order valence-corrected chi connectivity index (χ4v) is 2.28. The second-order valence-electron chi connectivity index (χ2n) is 4.98. The molecule has 0 saturated carbocycles. The number of anilines is 1. The maximum absolute atomic E-state index is 13.1. The maximum atomic E-state index is 13.1. The monoisotopic (exact) mass is 332 g/mol. The van der Waals surface area contributed by atoms with Gasteiger partial charge in [-0.05, 0) is 42.5 Å². The quantitative estimate of drug-likeness (QED) is 0.681. The molecule has 23 heavy (non-hydrogen) atoms. The van der Waals surface area contributed by atoms with Gasteiger partial charge in [0.05, 0.1) is 11.0 Å². The highest BCUT2D eigenvalue weighted by Crippen LogP contribution is 2.14. The molecule has 1 aromatic heterocycles. The Morgan fingerprint density at radius 3 is 2.78 bits per heavy atom. The highest BCUT2D eigenvalue weighted by Gasteiger charge is 2.05.